The highest BCUT2D eigenvalue weighted by molar-refractivity contribution is 6.75. The van der Waals surface area contributed by atoms with Crippen LogP contribution in [0.1, 0.15) is 88.6 Å². The molecule has 1 aromatic rings. The van der Waals surface area contributed by atoms with Gasteiger partial charge in [0.2, 0.25) is 5.91 Å². The molecule has 12 nitrogen and oxygen atoms in total. The molecular formula is C41H75NO11Si3. The number of nitrogens with one attached hydrogen (secondary N) is 1. The van der Waals surface area contributed by atoms with Gasteiger partial charge in [0.1, 0.15) is 30.5 Å². The predicted octanol–water partition coefficient (Wildman–Crippen LogP) is 7.66. The first kappa shape index (κ1) is 48.9. The van der Waals surface area contributed by atoms with Crippen molar-refractivity contribution in [3.8, 4) is 0 Å². The second kappa shape index (κ2) is 18.4. The summed E-state index contributed by atoms with van der Waals surface area (Å²) in [6.07, 6.45) is -8.20. The minimum atomic E-state index is -2.58. The van der Waals surface area contributed by atoms with Gasteiger partial charge < -0.3 is 47.4 Å². The van der Waals surface area contributed by atoms with Crippen LogP contribution in [0.4, 0.5) is 0 Å². The lowest BCUT2D eigenvalue weighted by atomic mass is 9.95. The molecule has 0 radical (unpaired) electrons. The van der Waals surface area contributed by atoms with Gasteiger partial charge in [0.05, 0.1) is 25.4 Å². The number of carbonyl (C=O) groups excluding carboxylic acids is 2. The highest BCUT2D eigenvalue weighted by atomic mass is 28.4. The van der Waals surface area contributed by atoms with Gasteiger partial charge in [0.15, 0.2) is 43.6 Å². The maximum Gasteiger partial charge on any atom is 0.303 e. The van der Waals surface area contributed by atoms with E-state index >= 15 is 0 Å². The number of esters is 1. The Labute approximate surface area is 340 Å². The van der Waals surface area contributed by atoms with Crippen LogP contribution in [0.5, 0.6) is 0 Å². The Kier molecular flexibility index (Phi) is 16.1. The van der Waals surface area contributed by atoms with Gasteiger partial charge in [0, 0.05) is 13.8 Å². The third-order valence-corrected chi connectivity index (χ3v) is 25.9. The Bertz CT molecular complexity index is 1440. The second-order valence-corrected chi connectivity index (χ2v) is 34.5. The Hall–Kier alpha value is -1.51. The fourth-order valence-electron chi connectivity index (χ4n) is 6.02. The van der Waals surface area contributed by atoms with Crippen LogP contribution in [-0.2, 0) is 53.2 Å². The van der Waals surface area contributed by atoms with Crippen molar-refractivity contribution in [1.82, 2.24) is 5.32 Å². The molecule has 56 heavy (non-hydrogen) atoms. The molecule has 0 aromatic heterocycles. The van der Waals surface area contributed by atoms with Crippen LogP contribution in [0, 0.1) is 0 Å². The van der Waals surface area contributed by atoms with Crippen molar-refractivity contribution in [2.75, 3.05) is 6.61 Å². The monoisotopic (exact) mass is 841 g/mol. The zero-order valence-corrected chi connectivity index (χ0v) is 40.6. The third-order valence-electron chi connectivity index (χ3n) is 12.5. The summed E-state index contributed by atoms with van der Waals surface area (Å²) in [6, 6.07) is 8.52. The summed E-state index contributed by atoms with van der Waals surface area (Å²) >= 11 is 0. The molecule has 0 saturated carbocycles. The molecule has 3 rings (SSSR count). The van der Waals surface area contributed by atoms with E-state index in [2.05, 4.69) is 107 Å². The molecule has 1 amide bonds. The molecule has 2 saturated heterocycles. The van der Waals surface area contributed by atoms with Gasteiger partial charge in [-0.2, -0.15) is 0 Å². The minimum absolute atomic E-state index is 0.0295. The average Bonchev–Trinajstić information content (AvgIpc) is 3.02. The molecule has 322 valence electrons. The highest BCUT2D eigenvalue weighted by Crippen LogP contribution is 2.46. The predicted molar refractivity (Wildman–Crippen MR) is 226 cm³/mol. The first-order valence-corrected chi connectivity index (χ1v) is 28.8. The summed E-state index contributed by atoms with van der Waals surface area (Å²) in [7, 11) is -7.48. The number of carbonyl (C=O) groups is 2. The minimum Gasteiger partial charge on any atom is -0.457 e. The first-order valence-electron chi connectivity index (χ1n) is 20.1. The largest absolute Gasteiger partial charge is 0.457 e. The molecule has 0 bridgehead atoms. The number of hydrogen-bond acceptors (Lipinski definition) is 11. The summed E-state index contributed by atoms with van der Waals surface area (Å²) in [4.78, 5) is 25.2. The summed E-state index contributed by atoms with van der Waals surface area (Å²) in [5, 5.41) is 13.6. The van der Waals surface area contributed by atoms with E-state index in [-0.39, 0.29) is 28.3 Å². The zero-order chi connectivity index (χ0) is 42.8. The summed E-state index contributed by atoms with van der Waals surface area (Å²) in [6.45, 7) is 37.9. The van der Waals surface area contributed by atoms with E-state index in [1.165, 1.54) is 13.8 Å². The molecule has 10 atom stereocenters. The van der Waals surface area contributed by atoms with Gasteiger partial charge in [-0.25, -0.2) is 0 Å². The van der Waals surface area contributed by atoms with E-state index < -0.39 is 98.2 Å². The van der Waals surface area contributed by atoms with Crippen molar-refractivity contribution in [2.45, 2.75) is 205 Å². The normalized spacial score (nSPS) is 29.8. The van der Waals surface area contributed by atoms with Crippen LogP contribution >= 0.6 is 0 Å². The van der Waals surface area contributed by atoms with Crippen molar-refractivity contribution in [2.24, 2.45) is 0 Å². The van der Waals surface area contributed by atoms with Gasteiger partial charge in [-0.1, -0.05) is 92.6 Å². The lowest BCUT2D eigenvalue weighted by Crippen LogP contribution is -2.70. The molecule has 0 spiro atoms. The molecule has 15 heteroatoms. The zero-order valence-electron chi connectivity index (χ0n) is 37.6. The van der Waals surface area contributed by atoms with Crippen molar-refractivity contribution in [3.05, 3.63) is 35.9 Å². The van der Waals surface area contributed by atoms with E-state index in [0.29, 0.717) is 0 Å². The first-order chi connectivity index (χ1) is 25.4. The smallest absolute Gasteiger partial charge is 0.303 e. The number of aliphatic hydroxyl groups excluding tert-OH is 1. The summed E-state index contributed by atoms with van der Waals surface area (Å²) < 4.78 is 54.3. The van der Waals surface area contributed by atoms with Crippen LogP contribution < -0.4 is 5.32 Å². The third kappa shape index (κ3) is 12.3. The topological polar surface area (TPSA) is 140 Å². The fraction of sp³-hybridized carbons (Fsp3) is 0.805. The molecule has 2 aliphatic rings. The van der Waals surface area contributed by atoms with Gasteiger partial charge in [-0.05, 0) is 66.9 Å². The number of aliphatic hydroxyl groups is 1. The SMILES string of the molecule is CC(=O)N[C@@H]1[C@@H](OC(C)=O)[C@H](O[C@@H]2O[C@@H](C)[C@H](O[Si](C)(C)C(C)(C)C)[C@@H](O[Si](C)(C)C(C)(C)C)[C@H]2O[Si](C)(C)C(C)(C)C)[C@@H](COCc2ccccc2)O[C@H]1O. The maximum absolute atomic E-state index is 12.7. The molecular weight excluding hydrogens is 767 g/mol. The Morgan fingerprint density at radius 3 is 1.66 bits per heavy atom. The van der Waals surface area contributed by atoms with Crippen molar-refractivity contribution in [1.29, 1.82) is 0 Å². The number of benzene rings is 1. The molecule has 0 unspecified atom stereocenters. The highest BCUT2D eigenvalue weighted by Gasteiger charge is 2.58. The van der Waals surface area contributed by atoms with Crippen LogP contribution in [0.25, 0.3) is 0 Å². The van der Waals surface area contributed by atoms with E-state index in [4.69, 9.17) is 37.0 Å². The van der Waals surface area contributed by atoms with Crippen LogP contribution in [0.15, 0.2) is 30.3 Å². The standard InChI is InChI=1S/C41H75NO11Si3/c1-26-32(51-54(13,14)39(4,5)6)35(52-55(15,16)40(7,8)9)36(53-56(17,18)41(10,11)12)38(47-26)50-33-30(25-46-24-29-22-20-19-21-23-29)49-37(45)31(42-27(2)43)34(33)48-28(3)44/h19-23,26,30-38,45H,24-25H2,1-18H3,(H,42,43)/t26-,30+,31+,32-,33+,34+,35+,36+,37+,38-/m0/s1. The van der Waals surface area contributed by atoms with Gasteiger partial charge >= 0.3 is 5.97 Å². The van der Waals surface area contributed by atoms with Gasteiger partial charge in [-0.15, -0.1) is 0 Å². The molecule has 2 heterocycles. The summed E-state index contributed by atoms with van der Waals surface area (Å²) in [5.74, 6) is -1.06. The average molecular weight is 842 g/mol. The quantitative estimate of drug-likeness (QED) is 0.141. The van der Waals surface area contributed by atoms with Crippen LogP contribution in [-0.4, -0.2) is 110 Å². The maximum atomic E-state index is 12.7. The second-order valence-electron chi connectivity index (χ2n) is 20.2. The Balaban J connectivity index is 2.23. The van der Waals surface area contributed by atoms with Crippen molar-refractivity contribution >= 4 is 36.8 Å². The van der Waals surface area contributed by atoms with E-state index in [0.717, 1.165) is 5.56 Å². The lowest BCUT2D eigenvalue weighted by Gasteiger charge is -2.55. The van der Waals surface area contributed by atoms with E-state index in [9.17, 15) is 14.7 Å². The molecule has 2 aliphatic heterocycles. The number of hydrogen-bond donors (Lipinski definition) is 2. The Morgan fingerprint density at radius 1 is 0.714 bits per heavy atom. The molecule has 2 N–H and O–H groups in total. The van der Waals surface area contributed by atoms with Crippen molar-refractivity contribution < 1.29 is 51.7 Å². The fourth-order valence-corrected chi connectivity index (χ4v) is 9.96. The number of amides is 1. The van der Waals surface area contributed by atoms with Crippen LogP contribution in [0.3, 0.4) is 0 Å². The van der Waals surface area contributed by atoms with E-state index in [1.54, 1.807) is 0 Å². The van der Waals surface area contributed by atoms with Crippen molar-refractivity contribution in [3.63, 3.8) is 0 Å². The molecule has 1 aromatic carbocycles. The number of ether oxygens (including phenoxy) is 5. The van der Waals surface area contributed by atoms with Crippen LogP contribution in [0.2, 0.25) is 54.4 Å². The summed E-state index contributed by atoms with van der Waals surface area (Å²) in [5.41, 5.74) is 0.944. The molecule has 0 aliphatic carbocycles. The Morgan fingerprint density at radius 2 is 1.20 bits per heavy atom. The van der Waals surface area contributed by atoms with Gasteiger partial charge in [0.25, 0.3) is 0 Å². The van der Waals surface area contributed by atoms with E-state index in [1.807, 2.05) is 37.3 Å². The lowest BCUT2D eigenvalue weighted by molar-refractivity contribution is -0.338. The molecule has 2 fully saturated rings. The van der Waals surface area contributed by atoms with Gasteiger partial charge in [-0.3, -0.25) is 9.59 Å². The number of rotatable bonds is 14.